The van der Waals surface area contributed by atoms with Gasteiger partial charge in [0.15, 0.2) is 5.43 Å². The Morgan fingerprint density at radius 1 is 0.885 bits per heavy atom. The van der Waals surface area contributed by atoms with E-state index in [2.05, 4.69) is 10.6 Å². The molecule has 1 heterocycles. The first-order valence-electron chi connectivity index (χ1n) is 8.65. The molecule has 2 aromatic carbocycles. The fraction of sp³-hybridized carbons (Fsp3) is 0.250. The number of carbonyl (C=O) groups is 2. The van der Waals surface area contributed by atoms with Crippen LogP contribution >= 0.6 is 0 Å². The van der Waals surface area contributed by atoms with Crippen LogP contribution in [0.15, 0.2) is 53.3 Å². The summed E-state index contributed by atoms with van der Waals surface area (Å²) < 4.78 is 1.81. The number of benzene rings is 2. The molecule has 6 nitrogen and oxygen atoms in total. The molecule has 3 rings (SSSR count). The Morgan fingerprint density at radius 2 is 1.46 bits per heavy atom. The van der Waals surface area contributed by atoms with Crippen LogP contribution in [0.3, 0.4) is 0 Å². The molecule has 0 fully saturated rings. The molecule has 1 aromatic heterocycles. The van der Waals surface area contributed by atoms with Crippen molar-refractivity contribution in [1.29, 1.82) is 0 Å². The molecule has 0 saturated carbocycles. The summed E-state index contributed by atoms with van der Waals surface area (Å²) in [6.07, 6.45) is 0.842. The highest BCUT2D eigenvalue weighted by Crippen LogP contribution is 2.18. The highest BCUT2D eigenvalue weighted by molar-refractivity contribution is 5.95. The Bertz CT molecular complexity index is 964. The highest BCUT2D eigenvalue weighted by Gasteiger charge is 2.13. The second kappa shape index (κ2) is 7.82. The number of hydrogen-bond acceptors (Lipinski definition) is 3. The zero-order valence-corrected chi connectivity index (χ0v) is 14.6. The van der Waals surface area contributed by atoms with Crippen LogP contribution in [0, 0.1) is 0 Å². The predicted molar refractivity (Wildman–Crippen MR) is 102 cm³/mol. The van der Waals surface area contributed by atoms with Gasteiger partial charge in [0.25, 0.3) is 0 Å². The van der Waals surface area contributed by atoms with E-state index in [1.54, 1.807) is 24.3 Å². The number of nitrogens with zero attached hydrogens (tertiary/aromatic N) is 1. The lowest BCUT2D eigenvalue weighted by Crippen LogP contribution is -2.38. The van der Waals surface area contributed by atoms with Crippen molar-refractivity contribution in [3.05, 3.63) is 58.8 Å². The SMILES string of the molecule is CCCNC(=O)CNC(=O)Cn1c2ccccc2c(=O)c2ccccc21. The minimum atomic E-state index is -0.282. The summed E-state index contributed by atoms with van der Waals surface area (Å²) in [6.45, 7) is 2.52. The normalized spacial score (nSPS) is 10.8. The molecule has 0 radical (unpaired) electrons. The first kappa shape index (κ1) is 17.7. The molecule has 0 unspecified atom stereocenters. The van der Waals surface area contributed by atoms with E-state index in [1.807, 2.05) is 35.8 Å². The van der Waals surface area contributed by atoms with E-state index in [0.717, 1.165) is 6.42 Å². The summed E-state index contributed by atoms with van der Waals surface area (Å²) in [7, 11) is 0. The summed E-state index contributed by atoms with van der Waals surface area (Å²) >= 11 is 0. The van der Waals surface area contributed by atoms with Gasteiger partial charge in [-0.1, -0.05) is 31.2 Å². The highest BCUT2D eigenvalue weighted by atomic mass is 16.2. The van der Waals surface area contributed by atoms with Crippen LogP contribution in [0.2, 0.25) is 0 Å². The maximum Gasteiger partial charge on any atom is 0.240 e. The number of aromatic nitrogens is 1. The van der Waals surface area contributed by atoms with Gasteiger partial charge in [-0.05, 0) is 30.7 Å². The monoisotopic (exact) mass is 351 g/mol. The third-order valence-electron chi connectivity index (χ3n) is 4.20. The van der Waals surface area contributed by atoms with Gasteiger partial charge in [0.1, 0.15) is 6.54 Å². The van der Waals surface area contributed by atoms with Crippen molar-refractivity contribution in [2.45, 2.75) is 19.9 Å². The van der Waals surface area contributed by atoms with E-state index in [0.29, 0.717) is 28.4 Å². The van der Waals surface area contributed by atoms with Crippen molar-refractivity contribution < 1.29 is 9.59 Å². The lowest BCUT2D eigenvalue weighted by Gasteiger charge is -2.15. The second-order valence-electron chi connectivity index (χ2n) is 6.08. The number of carbonyl (C=O) groups excluding carboxylic acids is 2. The summed E-state index contributed by atoms with van der Waals surface area (Å²) in [5.41, 5.74) is 1.34. The number of para-hydroxylation sites is 2. The van der Waals surface area contributed by atoms with Gasteiger partial charge in [0.2, 0.25) is 11.8 Å². The Hall–Kier alpha value is -3.15. The minimum Gasteiger partial charge on any atom is -0.355 e. The molecule has 6 heteroatoms. The van der Waals surface area contributed by atoms with Crippen LogP contribution < -0.4 is 16.1 Å². The van der Waals surface area contributed by atoms with Gasteiger partial charge < -0.3 is 15.2 Å². The van der Waals surface area contributed by atoms with E-state index in [4.69, 9.17) is 0 Å². The number of amides is 2. The first-order valence-corrected chi connectivity index (χ1v) is 8.65. The number of fused-ring (bicyclic) bond motifs is 2. The molecule has 2 amide bonds. The lowest BCUT2D eigenvalue weighted by atomic mass is 10.1. The zero-order chi connectivity index (χ0) is 18.5. The molecule has 0 spiro atoms. The Balaban J connectivity index is 1.91. The summed E-state index contributed by atoms with van der Waals surface area (Å²) in [4.78, 5) is 36.7. The van der Waals surface area contributed by atoms with Crippen molar-refractivity contribution in [2.75, 3.05) is 13.1 Å². The largest absolute Gasteiger partial charge is 0.355 e. The second-order valence-corrected chi connectivity index (χ2v) is 6.08. The van der Waals surface area contributed by atoms with Gasteiger partial charge in [-0.15, -0.1) is 0 Å². The van der Waals surface area contributed by atoms with Gasteiger partial charge in [-0.3, -0.25) is 14.4 Å². The van der Waals surface area contributed by atoms with E-state index < -0.39 is 0 Å². The van der Waals surface area contributed by atoms with Crippen molar-refractivity contribution in [1.82, 2.24) is 15.2 Å². The third-order valence-corrected chi connectivity index (χ3v) is 4.20. The Morgan fingerprint density at radius 3 is 2.04 bits per heavy atom. The fourth-order valence-electron chi connectivity index (χ4n) is 2.95. The van der Waals surface area contributed by atoms with Crippen LogP contribution in [-0.2, 0) is 16.1 Å². The molecule has 0 aliphatic heterocycles. The molecule has 0 aliphatic carbocycles. The quantitative estimate of drug-likeness (QED) is 0.665. The smallest absolute Gasteiger partial charge is 0.240 e. The third kappa shape index (κ3) is 3.59. The van der Waals surface area contributed by atoms with Gasteiger partial charge in [0, 0.05) is 17.3 Å². The standard InChI is InChI=1S/C20H21N3O3/c1-2-11-21-18(24)12-22-19(25)13-23-16-9-5-3-7-14(16)20(26)15-8-4-6-10-17(15)23/h3-10H,2,11-13H2,1H3,(H,21,24)(H,22,25). The Kier molecular flexibility index (Phi) is 5.31. The van der Waals surface area contributed by atoms with E-state index in [1.165, 1.54) is 0 Å². The van der Waals surface area contributed by atoms with Crippen molar-refractivity contribution in [3.63, 3.8) is 0 Å². The van der Waals surface area contributed by atoms with Crippen molar-refractivity contribution in [2.24, 2.45) is 0 Å². The number of nitrogens with one attached hydrogen (secondary N) is 2. The van der Waals surface area contributed by atoms with Gasteiger partial charge in [-0.2, -0.15) is 0 Å². The average molecular weight is 351 g/mol. The van der Waals surface area contributed by atoms with Crippen LogP contribution in [-0.4, -0.2) is 29.5 Å². The fourth-order valence-corrected chi connectivity index (χ4v) is 2.95. The molecule has 0 atom stereocenters. The maximum absolute atomic E-state index is 12.7. The van der Waals surface area contributed by atoms with Crippen molar-refractivity contribution >= 4 is 33.6 Å². The summed E-state index contributed by atoms with van der Waals surface area (Å²) in [5, 5.41) is 6.49. The number of rotatable bonds is 6. The predicted octanol–water partition coefficient (Wildman–Crippen LogP) is 1.80. The molecule has 3 aromatic rings. The molecule has 26 heavy (non-hydrogen) atoms. The van der Waals surface area contributed by atoms with E-state index >= 15 is 0 Å². The van der Waals surface area contributed by atoms with Gasteiger partial charge in [0.05, 0.1) is 17.6 Å². The molecule has 0 saturated heterocycles. The maximum atomic E-state index is 12.7. The molecule has 134 valence electrons. The van der Waals surface area contributed by atoms with Crippen LogP contribution in [0.4, 0.5) is 0 Å². The van der Waals surface area contributed by atoms with E-state index in [9.17, 15) is 14.4 Å². The minimum absolute atomic E-state index is 0.0301. The summed E-state index contributed by atoms with van der Waals surface area (Å²) in [5.74, 6) is -0.495. The molecule has 2 N–H and O–H groups in total. The van der Waals surface area contributed by atoms with Gasteiger partial charge in [-0.25, -0.2) is 0 Å². The first-order chi connectivity index (χ1) is 12.6. The average Bonchev–Trinajstić information content (AvgIpc) is 2.68. The van der Waals surface area contributed by atoms with Crippen molar-refractivity contribution in [3.8, 4) is 0 Å². The summed E-state index contributed by atoms with van der Waals surface area (Å²) in [6, 6.07) is 14.5. The topological polar surface area (TPSA) is 80.2 Å². The van der Waals surface area contributed by atoms with E-state index in [-0.39, 0.29) is 30.3 Å². The lowest BCUT2D eigenvalue weighted by molar-refractivity contribution is -0.126. The molecular formula is C20H21N3O3. The van der Waals surface area contributed by atoms with Crippen LogP contribution in [0.25, 0.3) is 21.8 Å². The van der Waals surface area contributed by atoms with Crippen LogP contribution in [0.5, 0.6) is 0 Å². The zero-order valence-electron chi connectivity index (χ0n) is 14.6. The molecular weight excluding hydrogens is 330 g/mol. The number of pyridine rings is 1. The molecule has 0 aliphatic rings. The Labute approximate surface area is 150 Å². The van der Waals surface area contributed by atoms with Crippen LogP contribution in [0.1, 0.15) is 13.3 Å². The number of hydrogen-bond donors (Lipinski definition) is 2. The molecule has 0 bridgehead atoms. The van der Waals surface area contributed by atoms with Gasteiger partial charge >= 0.3 is 0 Å².